The molecule has 1 saturated heterocycles. The van der Waals surface area contributed by atoms with Crippen LogP contribution >= 0.6 is 0 Å². The highest BCUT2D eigenvalue weighted by atomic mass is 16.5. The fourth-order valence-electron chi connectivity index (χ4n) is 3.45. The molecule has 152 valence electrons. The summed E-state index contributed by atoms with van der Waals surface area (Å²) < 4.78 is 7.65. The van der Waals surface area contributed by atoms with Crippen LogP contribution < -0.4 is 11.1 Å². The van der Waals surface area contributed by atoms with Gasteiger partial charge >= 0.3 is 5.97 Å². The summed E-state index contributed by atoms with van der Waals surface area (Å²) in [7, 11) is 0. The maximum atomic E-state index is 10.7. The highest BCUT2D eigenvalue weighted by Gasteiger charge is 2.21. The van der Waals surface area contributed by atoms with Crippen LogP contribution in [-0.2, 0) is 22.4 Å². The number of anilines is 2. The highest BCUT2D eigenvalue weighted by molar-refractivity contribution is 5.82. The molecule has 1 aromatic carbocycles. The number of aliphatic carboxylic acids is 1. The Hall–Kier alpha value is -3.20. The molecule has 0 aliphatic carbocycles. The zero-order valence-corrected chi connectivity index (χ0v) is 16.0. The molecule has 1 atom stereocenters. The third-order valence-electron chi connectivity index (χ3n) is 5.01. The molecule has 2 aromatic heterocycles. The maximum Gasteiger partial charge on any atom is 0.303 e. The zero-order chi connectivity index (χ0) is 20.2. The molecule has 4 N–H and O–H groups in total. The van der Waals surface area contributed by atoms with Gasteiger partial charge < -0.3 is 20.9 Å². The number of hydrogen-bond acceptors (Lipinski definition) is 7. The van der Waals surface area contributed by atoms with E-state index < -0.39 is 5.97 Å². The van der Waals surface area contributed by atoms with Crippen LogP contribution in [0.1, 0.15) is 36.6 Å². The normalized spacial score (nSPS) is 16.3. The van der Waals surface area contributed by atoms with E-state index in [1.807, 2.05) is 28.8 Å². The van der Waals surface area contributed by atoms with E-state index in [2.05, 4.69) is 20.3 Å². The van der Waals surface area contributed by atoms with Crippen LogP contribution in [0.5, 0.6) is 0 Å². The minimum absolute atomic E-state index is 0.0539. The van der Waals surface area contributed by atoms with Gasteiger partial charge in [-0.15, -0.1) is 0 Å². The van der Waals surface area contributed by atoms with Crippen LogP contribution in [-0.4, -0.2) is 43.7 Å². The second-order valence-electron chi connectivity index (χ2n) is 7.11. The van der Waals surface area contributed by atoms with E-state index >= 15 is 0 Å². The monoisotopic (exact) mass is 396 g/mol. The second kappa shape index (κ2) is 8.44. The number of imidazole rings is 1. The summed E-state index contributed by atoms with van der Waals surface area (Å²) in [4.78, 5) is 23.9. The lowest BCUT2D eigenvalue weighted by Gasteiger charge is -2.12. The van der Waals surface area contributed by atoms with E-state index in [1.165, 1.54) is 0 Å². The number of ether oxygens (including phenoxy) is 1. The van der Waals surface area contributed by atoms with E-state index in [0.29, 0.717) is 35.9 Å². The van der Waals surface area contributed by atoms with E-state index in [-0.39, 0.29) is 12.6 Å². The van der Waals surface area contributed by atoms with Gasteiger partial charge in [0.15, 0.2) is 11.5 Å². The van der Waals surface area contributed by atoms with Crippen LogP contribution in [0.25, 0.3) is 11.2 Å². The fourth-order valence-corrected chi connectivity index (χ4v) is 3.45. The average molecular weight is 396 g/mol. The molecule has 1 aliphatic heterocycles. The van der Waals surface area contributed by atoms with Crippen molar-refractivity contribution in [3.63, 3.8) is 0 Å². The summed E-state index contributed by atoms with van der Waals surface area (Å²) >= 11 is 0. The summed E-state index contributed by atoms with van der Waals surface area (Å²) in [5.74, 6) is 0.0280. The topological polar surface area (TPSA) is 128 Å². The van der Waals surface area contributed by atoms with Gasteiger partial charge in [0.05, 0.1) is 6.33 Å². The van der Waals surface area contributed by atoms with Gasteiger partial charge in [-0.3, -0.25) is 9.36 Å². The summed E-state index contributed by atoms with van der Waals surface area (Å²) in [6.07, 6.45) is 5.07. The molecule has 9 nitrogen and oxygen atoms in total. The van der Waals surface area contributed by atoms with Crippen molar-refractivity contribution in [3.8, 4) is 0 Å². The molecule has 0 radical (unpaired) electrons. The number of nitrogens with zero attached hydrogens (tertiary/aromatic N) is 4. The quantitative estimate of drug-likeness (QED) is 0.529. The third-order valence-corrected chi connectivity index (χ3v) is 5.01. The van der Waals surface area contributed by atoms with Crippen molar-refractivity contribution in [3.05, 3.63) is 41.7 Å². The van der Waals surface area contributed by atoms with Gasteiger partial charge in [0.1, 0.15) is 11.7 Å². The summed E-state index contributed by atoms with van der Waals surface area (Å²) in [5.41, 5.74) is 9.50. The van der Waals surface area contributed by atoms with Crippen molar-refractivity contribution in [2.24, 2.45) is 0 Å². The van der Waals surface area contributed by atoms with Crippen LogP contribution in [0.15, 0.2) is 30.6 Å². The molecule has 1 unspecified atom stereocenters. The Morgan fingerprint density at radius 2 is 2.00 bits per heavy atom. The molecular weight excluding hydrogens is 372 g/mol. The minimum Gasteiger partial charge on any atom is -0.481 e. The minimum atomic E-state index is -0.782. The van der Waals surface area contributed by atoms with Crippen molar-refractivity contribution in [2.45, 2.75) is 38.3 Å². The van der Waals surface area contributed by atoms with E-state index in [4.69, 9.17) is 15.6 Å². The van der Waals surface area contributed by atoms with Gasteiger partial charge in [-0.05, 0) is 36.8 Å². The van der Waals surface area contributed by atoms with Crippen LogP contribution in [0.2, 0.25) is 0 Å². The molecule has 3 heterocycles. The lowest BCUT2D eigenvalue weighted by atomic mass is 10.1. The average Bonchev–Trinajstić information content (AvgIpc) is 3.37. The Kier molecular flexibility index (Phi) is 5.57. The molecular formula is C20H24N6O3. The van der Waals surface area contributed by atoms with Gasteiger partial charge in [-0.1, -0.05) is 24.3 Å². The lowest BCUT2D eigenvalue weighted by molar-refractivity contribution is -0.136. The number of nitrogen functional groups attached to an aromatic ring is 1. The van der Waals surface area contributed by atoms with Crippen LogP contribution in [0, 0.1) is 0 Å². The number of fused-ring (bicyclic) bond motifs is 1. The molecule has 1 aliphatic rings. The van der Waals surface area contributed by atoms with E-state index in [0.717, 1.165) is 37.0 Å². The maximum absolute atomic E-state index is 10.7. The predicted octanol–water partition coefficient (Wildman–Crippen LogP) is 2.39. The SMILES string of the molecule is Nc1nc(NCCc2ccc(CCC(=O)O)cc2)nc2c1ncn2C1CCCO1. The Morgan fingerprint density at radius 3 is 2.69 bits per heavy atom. The van der Waals surface area contributed by atoms with Crippen molar-refractivity contribution >= 4 is 28.9 Å². The number of carboxylic acids is 1. The summed E-state index contributed by atoms with van der Waals surface area (Å²) in [6, 6.07) is 7.98. The number of carbonyl (C=O) groups is 1. The van der Waals surface area contributed by atoms with E-state index in [9.17, 15) is 4.79 Å². The zero-order valence-electron chi connectivity index (χ0n) is 16.0. The van der Waals surface area contributed by atoms with Crippen molar-refractivity contribution in [1.82, 2.24) is 19.5 Å². The predicted molar refractivity (Wildman–Crippen MR) is 109 cm³/mol. The van der Waals surface area contributed by atoms with Gasteiger partial charge in [0, 0.05) is 19.6 Å². The fraction of sp³-hybridized carbons (Fsp3) is 0.400. The largest absolute Gasteiger partial charge is 0.481 e. The van der Waals surface area contributed by atoms with Crippen molar-refractivity contribution in [2.75, 3.05) is 24.2 Å². The number of carboxylic acid groups (broad SMARTS) is 1. The third kappa shape index (κ3) is 4.45. The molecule has 4 rings (SSSR count). The Balaban J connectivity index is 1.39. The molecule has 3 aromatic rings. The Morgan fingerprint density at radius 1 is 1.24 bits per heavy atom. The summed E-state index contributed by atoms with van der Waals surface area (Å²) in [6.45, 7) is 1.39. The van der Waals surface area contributed by atoms with Gasteiger partial charge in [-0.25, -0.2) is 4.98 Å². The molecule has 9 heteroatoms. The number of nitrogens with one attached hydrogen (secondary N) is 1. The molecule has 1 fully saturated rings. The number of benzene rings is 1. The van der Waals surface area contributed by atoms with Gasteiger partial charge in [-0.2, -0.15) is 9.97 Å². The number of aryl methyl sites for hydroxylation is 1. The first-order chi connectivity index (χ1) is 14.1. The molecule has 0 amide bonds. The number of aromatic nitrogens is 4. The lowest BCUT2D eigenvalue weighted by Crippen LogP contribution is -2.11. The molecule has 0 spiro atoms. The second-order valence-corrected chi connectivity index (χ2v) is 7.11. The van der Waals surface area contributed by atoms with Crippen LogP contribution in [0.4, 0.5) is 11.8 Å². The van der Waals surface area contributed by atoms with Crippen molar-refractivity contribution in [1.29, 1.82) is 0 Å². The molecule has 0 saturated carbocycles. The first kappa shape index (κ1) is 19.1. The Labute approximate surface area is 167 Å². The smallest absolute Gasteiger partial charge is 0.303 e. The number of nitrogens with two attached hydrogens (primary N) is 1. The van der Waals surface area contributed by atoms with E-state index in [1.54, 1.807) is 6.33 Å². The number of rotatable bonds is 8. The number of hydrogen-bond donors (Lipinski definition) is 3. The first-order valence-electron chi connectivity index (χ1n) is 9.75. The first-order valence-corrected chi connectivity index (χ1v) is 9.75. The highest BCUT2D eigenvalue weighted by Crippen LogP contribution is 2.28. The standard InChI is InChI=1S/C20H24N6O3/c21-18-17-19(26(12-23-17)15-2-1-11-29-15)25-20(24-18)22-10-9-14-5-3-13(4-6-14)7-8-16(27)28/h3-6,12,15H,1-2,7-11H2,(H,27,28)(H3,21,22,24,25). The molecule has 29 heavy (non-hydrogen) atoms. The van der Waals surface area contributed by atoms with Crippen LogP contribution in [0.3, 0.4) is 0 Å². The molecule has 0 bridgehead atoms. The van der Waals surface area contributed by atoms with Gasteiger partial charge in [0.2, 0.25) is 5.95 Å². The summed E-state index contributed by atoms with van der Waals surface area (Å²) in [5, 5.41) is 12.0. The Bertz CT molecular complexity index is 995. The van der Waals surface area contributed by atoms with Crippen molar-refractivity contribution < 1.29 is 14.6 Å². The van der Waals surface area contributed by atoms with Gasteiger partial charge in [0.25, 0.3) is 0 Å².